The first kappa shape index (κ1) is 22.1. The monoisotopic (exact) mass is 520 g/mol. The minimum Gasteiger partial charge on any atom is -0.370 e. The summed E-state index contributed by atoms with van der Waals surface area (Å²) in [5, 5.41) is 4.58. The number of hydrogen-bond donors (Lipinski definition) is 1. The molecule has 0 saturated carbocycles. The summed E-state index contributed by atoms with van der Waals surface area (Å²) >= 11 is 0. The first-order chi connectivity index (χ1) is 14.1. The van der Waals surface area contributed by atoms with Gasteiger partial charge in [0.2, 0.25) is 0 Å². The van der Waals surface area contributed by atoms with Crippen LogP contribution in [0.5, 0.6) is 0 Å². The third-order valence-electron chi connectivity index (χ3n) is 5.23. The molecule has 0 radical (unpaired) electrons. The van der Waals surface area contributed by atoms with Gasteiger partial charge in [-0.1, -0.05) is 18.2 Å². The number of benzene rings is 2. The number of aromatic nitrogens is 2. The maximum absolute atomic E-state index is 13.1. The number of piperazine rings is 1. The number of anilines is 1. The molecule has 0 spiro atoms. The SMILES string of the molecule is Cc1nn(-c2ccccc2)cc1CN=C(N)N1CCN(c2ccc(F)cc2)CC1.I. The first-order valence-corrected chi connectivity index (χ1v) is 9.76. The van der Waals surface area contributed by atoms with E-state index in [1.54, 1.807) is 0 Å². The molecule has 1 aromatic heterocycles. The zero-order chi connectivity index (χ0) is 20.2. The van der Waals surface area contributed by atoms with E-state index in [-0.39, 0.29) is 29.8 Å². The summed E-state index contributed by atoms with van der Waals surface area (Å²) in [6, 6.07) is 16.6. The van der Waals surface area contributed by atoms with Gasteiger partial charge in [0, 0.05) is 43.6 Å². The van der Waals surface area contributed by atoms with Crippen LogP contribution in [0.25, 0.3) is 5.69 Å². The van der Waals surface area contributed by atoms with Gasteiger partial charge >= 0.3 is 0 Å². The fourth-order valence-corrected chi connectivity index (χ4v) is 3.48. The van der Waals surface area contributed by atoms with Crippen molar-refractivity contribution in [2.45, 2.75) is 13.5 Å². The van der Waals surface area contributed by atoms with Crippen LogP contribution in [-0.2, 0) is 6.54 Å². The van der Waals surface area contributed by atoms with Crippen molar-refractivity contribution < 1.29 is 4.39 Å². The largest absolute Gasteiger partial charge is 0.370 e. The van der Waals surface area contributed by atoms with Gasteiger partial charge in [-0.2, -0.15) is 5.10 Å². The highest BCUT2D eigenvalue weighted by atomic mass is 127. The van der Waals surface area contributed by atoms with E-state index in [9.17, 15) is 4.39 Å². The minimum absolute atomic E-state index is 0. The van der Waals surface area contributed by atoms with E-state index in [2.05, 4.69) is 19.9 Å². The molecule has 1 aliphatic rings. The van der Waals surface area contributed by atoms with Gasteiger partial charge in [-0.25, -0.2) is 14.1 Å². The zero-order valence-electron chi connectivity index (χ0n) is 16.9. The van der Waals surface area contributed by atoms with Gasteiger partial charge in [0.1, 0.15) is 5.82 Å². The third-order valence-corrected chi connectivity index (χ3v) is 5.23. The van der Waals surface area contributed by atoms with Gasteiger partial charge in [0.15, 0.2) is 5.96 Å². The molecular weight excluding hydrogens is 494 g/mol. The lowest BCUT2D eigenvalue weighted by atomic mass is 10.2. The van der Waals surface area contributed by atoms with Crippen molar-refractivity contribution in [2.24, 2.45) is 10.7 Å². The topological polar surface area (TPSA) is 62.7 Å². The number of guanidine groups is 1. The van der Waals surface area contributed by atoms with Crippen LogP contribution in [0, 0.1) is 12.7 Å². The molecule has 8 heteroatoms. The number of nitrogens with two attached hydrogens (primary N) is 1. The quantitative estimate of drug-likeness (QED) is 0.325. The summed E-state index contributed by atoms with van der Waals surface area (Å²) in [5.74, 6) is 0.338. The Bertz CT molecular complexity index is 979. The molecule has 0 amide bonds. The standard InChI is InChI=1S/C22H25FN6.HI/c1-17-18(16-29(26-17)21-5-3-2-4-6-21)15-25-22(24)28-13-11-27(12-14-28)20-9-7-19(23)8-10-20;/h2-10,16H,11-15H2,1H3,(H2,24,25);1H. The van der Waals surface area contributed by atoms with Crippen molar-refractivity contribution in [3.8, 4) is 5.69 Å². The summed E-state index contributed by atoms with van der Waals surface area (Å²) in [6.07, 6.45) is 2.01. The lowest BCUT2D eigenvalue weighted by molar-refractivity contribution is 0.380. The summed E-state index contributed by atoms with van der Waals surface area (Å²) in [4.78, 5) is 8.92. The number of hydrogen-bond acceptors (Lipinski definition) is 3. The predicted molar refractivity (Wildman–Crippen MR) is 129 cm³/mol. The Hall–Kier alpha value is -2.62. The summed E-state index contributed by atoms with van der Waals surface area (Å²) < 4.78 is 15.0. The second-order valence-corrected chi connectivity index (χ2v) is 7.14. The van der Waals surface area contributed by atoms with Gasteiger partial charge in [0.25, 0.3) is 0 Å². The lowest BCUT2D eigenvalue weighted by Crippen LogP contribution is -2.51. The zero-order valence-corrected chi connectivity index (χ0v) is 19.2. The second-order valence-electron chi connectivity index (χ2n) is 7.14. The molecule has 0 atom stereocenters. The molecule has 6 nitrogen and oxygen atoms in total. The molecule has 0 unspecified atom stereocenters. The van der Waals surface area contributed by atoms with Crippen LogP contribution in [0.3, 0.4) is 0 Å². The summed E-state index contributed by atoms with van der Waals surface area (Å²) in [6.45, 7) is 5.72. The molecule has 30 heavy (non-hydrogen) atoms. The smallest absolute Gasteiger partial charge is 0.191 e. The van der Waals surface area contributed by atoms with Crippen molar-refractivity contribution in [1.29, 1.82) is 0 Å². The van der Waals surface area contributed by atoms with Gasteiger partial charge in [-0.05, 0) is 43.3 Å². The maximum Gasteiger partial charge on any atom is 0.191 e. The van der Waals surface area contributed by atoms with Crippen LogP contribution in [0.1, 0.15) is 11.3 Å². The molecule has 0 bridgehead atoms. The van der Waals surface area contributed by atoms with Crippen molar-refractivity contribution in [1.82, 2.24) is 14.7 Å². The van der Waals surface area contributed by atoms with E-state index >= 15 is 0 Å². The van der Waals surface area contributed by atoms with Crippen LogP contribution >= 0.6 is 24.0 Å². The van der Waals surface area contributed by atoms with Crippen molar-refractivity contribution >= 4 is 35.6 Å². The Labute approximate surface area is 193 Å². The molecule has 2 N–H and O–H groups in total. The van der Waals surface area contributed by atoms with Gasteiger partial charge in [-0.3, -0.25) is 0 Å². The average Bonchev–Trinajstić information content (AvgIpc) is 3.14. The van der Waals surface area contributed by atoms with Gasteiger partial charge in [0.05, 0.1) is 17.9 Å². The second kappa shape index (κ2) is 9.92. The van der Waals surface area contributed by atoms with Crippen molar-refractivity contribution in [3.05, 3.63) is 77.9 Å². The van der Waals surface area contributed by atoms with E-state index in [0.717, 1.165) is 48.8 Å². The fourth-order valence-electron chi connectivity index (χ4n) is 3.48. The molecule has 1 fully saturated rings. The van der Waals surface area contributed by atoms with Crippen LogP contribution in [0.4, 0.5) is 10.1 Å². The van der Waals surface area contributed by atoms with E-state index < -0.39 is 0 Å². The molecular formula is C22H26FIN6. The maximum atomic E-state index is 13.1. The highest BCUT2D eigenvalue weighted by Gasteiger charge is 2.18. The number of halogens is 2. The summed E-state index contributed by atoms with van der Waals surface area (Å²) in [7, 11) is 0. The number of para-hydroxylation sites is 1. The minimum atomic E-state index is -0.213. The molecule has 3 aromatic rings. The van der Waals surface area contributed by atoms with Gasteiger partial charge in [-0.15, -0.1) is 24.0 Å². The highest BCUT2D eigenvalue weighted by Crippen LogP contribution is 2.17. The van der Waals surface area contributed by atoms with Crippen LogP contribution in [-0.4, -0.2) is 46.8 Å². The van der Waals surface area contributed by atoms with E-state index in [4.69, 9.17) is 5.73 Å². The average molecular weight is 520 g/mol. The normalized spacial score (nSPS) is 14.5. The van der Waals surface area contributed by atoms with Crippen LogP contribution in [0.2, 0.25) is 0 Å². The number of rotatable bonds is 4. The number of nitrogens with zero attached hydrogens (tertiary/aromatic N) is 5. The van der Waals surface area contributed by atoms with E-state index in [0.29, 0.717) is 12.5 Å². The Morgan fingerprint density at radius 1 is 1.00 bits per heavy atom. The molecule has 4 rings (SSSR count). The van der Waals surface area contributed by atoms with E-state index in [1.165, 1.54) is 12.1 Å². The Morgan fingerprint density at radius 2 is 1.67 bits per heavy atom. The van der Waals surface area contributed by atoms with Gasteiger partial charge < -0.3 is 15.5 Å². The molecule has 2 heterocycles. The molecule has 158 valence electrons. The highest BCUT2D eigenvalue weighted by molar-refractivity contribution is 14.0. The third kappa shape index (κ3) is 5.10. The fraction of sp³-hybridized carbons (Fsp3) is 0.273. The molecule has 1 aliphatic heterocycles. The molecule has 1 saturated heterocycles. The Morgan fingerprint density at radius 3 is 2.33 bits per heavy atom. The Kier molecular flexibility index (Phi) is 7.30. The van der Waals surface area contributed by atoms with Crippen LogP contribution < -0.4 is 10.6 Å². The Balaban J connectivity index is 0.00000256. The summed E-state index contributed by atoms with van der Waals surface area (Å²) in [5.41, 5.74) is 10.3. The van der Waals surface area contributed by atoms with Crippen molar-refractivity contribution in [2.75, 3.05) is 31.1 Å². The number of aryl methyl sites for hydroxylation is 1. The van der Waals surface area contributed by atoms with Crippen LogP contribution in [0.15, 0.2) is 65.8 Å². The number of aliphatic imine (C=N–C) groups is 1. The first-order valence-electron chi connectivity index (χ1n) is 9.76. The lowest BCUT2D eigenvalue weighted by Gasteiger charge is -2.36. The van der Waals surface area contributed by atoms with E-state index in [1.807, 2.05) is 60.3 Å². The van der Waals surface area contributed by atoms with Crippen molar-refractivity contribution in [3.63, 3.8) is 0 Å². The molecule has 2 aromatic carbocycles. The predicted octanol–water partition coefficient (Wildman–Crippen LogP) is 3.57. The molecule has 0 aliphatic carbocycles.